The zero-order valence-corrected chi connectivity index (χ0v) is 11.5. The molecule has 1 aromatic heterocycles. The quantitative estimate of drug-likeness (QED) is 0.790. The minimum absolute atomic E-state index is 0.165. The summed E-state index contributed by atoms with van der Waals surface area (Å²) in [5, 5.41) is 15.1. The van der Waals surface area contributed by atoms with Crippen LogP contribution in [0.1, 0.15) is 30.6 Å². The Morgan fingerprint density at radius 1 is 1.47 bits per heavy atom. The van der Waals surface area contributed by atoms with Crippen LogP contribution in [0.4, 0.5) is 9.93 Å². The lowest BCUT2D eigenvalue weighted by molar-refractivity contribution is -0.148. The molecule has 0 atom stereocenters. The molecule has 0 unspecified atom stereocenters. The second kappa shape index (κ2) is 5.56. The molecule has 0 aromatic carbocycles. The minimum Gasteiger partial charge on any atom is -0.481 e. The standard InChI is InChI=1S/C12H17N3O3S/c1-8-6-13-11(19-8)15-10(18)14-7-12(9(16)17)4-2-3-5-12/h6H,2-5,7H2,1H3,(H,16,17)(H2,13,14,15,18). The van der Waals surface area contributed by atoms with E-state index in [1.165, 1.54) is 11.3 Å². The first kappa shape index (κ1) is 13.8. The first-order chi connectivity index (χ1) is 9.02. The molecule has 1 aliphatic carbocycles. The highest BCUT2D eigenvalue weighted by Crippen LogP contribution is 2.37. The van der Waals surface area contributed by atoms with E-state index in [2.05, 4.69) is 15.6 Å². The van der Waals surface area contributed by atoms with Gasteiger partial charge in [-0.2, -0.15) is 0 Å². The number of rotatable bonds is 4. The first-order valence-electron chi connectivity index (χ1n) is 6.22. The molecule has 2 rings (SSSR count). The second-order valence-electron chi connectivity index (χ2n) is 4.88. The number of thiazole rings is 1. The Kier molecular flexibility index (Phi) is 4.04. The van der Waals surface area contributed by atoms with Crippen LogP contribution in [0.5, 0.6) is 0 Å². The van der Waals surface area contributed by atoms with E-state index in [1.54, 1.807) is 6.20 Å². The van der Waals surface area contributed by atoms with Gasteiger partial charge in [0.2, 0.25) is 0 Å². The van der Waals surface area contributed by atoms with E-state index in [1.807, 2.05) is 6.92 Å². The van der Waals surface area contributed by atoms with Crippen LogP contribution in [-0.2, 0) is 4.79 Å². The van der Waals surface area contributed by atoms with Gasteiger partial charge in [-0.25, -0.2) is 9.78 Å². The largest absolute Gasteiger partial charge is 0.481 e. The molecule has 1 saturated carbocycles. The molecule has 6 nitrogen and oxygen atoms in total. The van der Waals surface area contributed by atoms with Crippen LogP contribution in [-0.4, -0.2) is 28.6 Å². The number of hydrogen-bond acceptors (Lipinski definition) is 4. The Labute approximate surface area is 115 Å². The normalized spacial score (nSPS) is 17.1. The van der Waals surface area contributed by atoms with Crippen LogP contribution in [0.15, 0.2) is 6.20 Å². The number of aryl methyl sites for hydroxylation is 1. The summed E-state index contributed by atoms with van der Waals surface area (Å²) < 4.78 is 0. The highest BCUT2D eigenvalue weighted by Gasteiger charge is 2.41. The van der Waals surface area contributed by atoms with E-state index in [-0.39, 0.29) is 6.54 Å². The van der Waals surface area contributed by atoms with Crippen molar-refractivity contribution in [2.45, 2.75) is 32.6 Å². The van der Waals surface area contributed by atoms with Gasteiger partial charge in [0, 0.05) is 17.6 Å². The summed E-state index contributed by atoms with van der Waals surface area (Å²) in [4.78, 5) is 28.0. The molecule has 1 heterocycles. The molecule has 0 radical (unpaired) electrons. The molecule has 1 fully saturated rings. The van der Waals surface area contributed by atoms with Crippen molar-refractivity contribution in [3.05, 3.63) is 11.1 Å². The van der Waals surface area contributed by atoms with Gasteiger partial charge in [0.05, 0.1) is 5.41 Å². The van der Waals surface area contributed by atoms with Gasteiger partial charge < -0.3 is 10.4 Å². The number of aromatic nitrogens is 1. The number of hydrogen-bond donors (Lipinski definition) is 3. The summed E-state index contributed by atoms with van der Waals surface area (Å²) in [5.74, 6) is -0.824. The van der Waals surface area contributed by atoms with Crippen LogP contribution in [0, 0.1) is 12.3 Å². The minimum atomic E-state index is -0.824. The van der Waals surface area contributed by atoms with Gasteiger partial charge in [0.1, 0.15) is 0 Å². The lowest BCUT2D eigenvalue weighted by Crippen LogP contribution is -2.42. The lowest BCUT2D eigenvalue weighted by atomic mass is 9.86. The van der Waals surface area contributed by atoms with E-state index < -0.39 is 17.4 Å². The third kappa shape index (κ3) is 3.23. The highest BCUT2D eigenvalue weighted by atomic mass is 32.1. The number of carboxylic acid groups (broad SMARTS) is 1. The molecular formula is C12H17N3O3S. The zero-order valence-electron chi connectivity index (χ0n) is 10.7. The highest BCUT2D eigenvalue weighted by molar-refractivity contribution is 7.15. The number of carbonyl (C=O) groups excluding carboxylic acids is 1. The molecule has 0 spiro atoms. The number of carboxylic acids is 1. The summed E-state index contributed by atoms with van der Waals surface area (Å²) in [5.41, 5.74) is -0.796. The number of nitrogens with zero attached hydrogens (tertiary/aromatic N) is 1. The molecule has 1 aromatic rings. The monoisotopic (exact) mass is 283 g/mol. The average molecular weight is 283 g/mol. The molecular weight excluding hydrogens is 266 g/mol. The Morgan fingerprint density at radius 2 is 2.16 bits per heavy atom. The molecule has 0 aliphatic heterocycles. The molecule has 0 saturated heterocycles. The number of aliphatic carboxylic acids is 1. The summed E-state index contributed by atoms with van der Waals surface area (Å²) >= 11 is 1.38. The van der Waals surface area contributed by atoms with Gasteiger partial charge in [-0.15, -0.1) is 11.3 Å². The maximum absolute atomic E-state index is 11.7. The van der Waals surface area contributed by atoms with Crippen LogP contribution >= 0.6 is 11.3 Å². The summed E-state index contributed by atoms with van der Waals surface area (Å²) in [6.07, 6.45) is 4.73. The number of urea groups is 1. The van der Waals surface area contributed by atoms with Crippen LogP contribution in [0.25, 0.3) is 0 Å². The molecule has 19 heavy (non-hydrogen) atoms. The zero-order chi connectivity index (χ0) is 13.9. The van der Waals surface area contributed by atoms with Crippen LogP contribution in [0.2, 0.25) is 0 Å². The third-order valence-corrected chi connectivity index (χ3v) is 4.27. The summed E-state index contributed by atoms with van der Waals surface area (Å²) in [6.45, 7) is 2.07. The summed E-state index contributed by atoms with van der Waals surface area (Å²) in [7, 11) is 0. The van der Waals surface area contributed by atoms with Gasteiger partial charge in [0.15, 0.2) is 5.13 Å². The van der Waals surface area contributed by atoms with Gasteiger partial charge in [-0.3, -0.25) is 10.1 Å². The van der Waals surface area contributed by atoms with Crippen molar-refractivity contribution in [1.82, 2.24) is 10.3 Å². The van der Waals surface area contributed by atoms with E-state index >= 15 is 0 Å². The van der Waals surface area contributed by atoms with E-state index in [4.69, 9.17) is 0 Å². The third-order valence-electron chi connectivity index (χ3n) is 3.44. The molecule has 1 aliphatic rings. The van der Waals surface area contributed by atoms with Crippen molar-refractivity contribution in [2.24, 2.45) is 5.41 Å². The predicted molar refractivity (Wildman–Crippen MR) is 72.4 cm³/mol. The number of carbonyl (C=O) groups is 2. The van der Waals surface area contributed by atoms with Crippen molar-refractivity contribution in [3.63, 3.8) is 0 Å². The molecule has 0 bridgehead atoms. The molecule has 3 N–H and O–H groups in total. The summed E-state index contributed by atoms with van der Waals surface area (Å²) in [6, 6.07) is -0.401. The lowest BCUT2D eigenvalue weighted by Gasteiger charge is -2.23. The van der Waals surface area contributed by atoms with Gasteiger partial charge in [-0.1, -0.05) is 12.8 Å². The topological polar surface area (TPSA) is 91.3 Å². The molecule has 104 valence electrons. The SMILES string of the molecule is Cc1cnc(NC(=O)NCC2(C(=O)O)CCCC2)s1. The van der Waals surface area contributed by atoms with Gasteiger partial charge >= 0.3 is 12.0 Å². The first-order valence-corrected chi connectivity index (χ1v) is 7.04. The predicted octanol–water partition coefficient (Wildman–Crippen LogP) is 2.22. The molecule has 2 amide bonds. The van der Waals surface area contributed by atoms with Crippen molar-refractivity contribution in [2.75, 3.05) is 11.9 Å². The van der Waals surface area contributed by atoms with Gasteiger partial charge in [0.25, 0.3) is 0 Å². The van der Waals surface area contributed by atoms with E-state index in [9.17, 15) is 14.7 Å². The van der Waals surface area contributed by atoms with Crippen molar-refractivity contribution < 1.29 is 14.7 Å². The van der Waals surface area contributed by atoms with Crippen LogP contribution in [0.3, 0.4) is 0 Å². The fraction of sp³-hybridized carbons (Fsp3) is 0.583. The maximum Gasteiger partial charge on any atom is 0.321 e. The number of nitrogens with one attached hydrogen (secondary N) is 2. The smallest absolute Gasteiger partial charge is 0.321 e. The number of amides is 2. The fourth-order valence-corrected chi connectivity index (χ4v) is 2.98. The maximum atomic E-state index is 11.7. The van der Waals surface area contributed by atoms with E-state index in [0.29, 0.717) is 18.0 Å². The Morgan fingerprint density at radius 3 is 2.68 bits per heavy atom. The fourth-order valence-electron chi connectivity index (χ4n) is 2.32. The second-order valence-corrected chi connectivity index (χ2v) is 6.11. The Hall–Kier alpha value is -1.63. The van der Waals surface area contributed by atoms with Crippen LogP contribution < -0.4 is 10.6 Å². The van der Waals surface area contributed by atoms with Gasteiger partial charge in [-0.05, 0) is 19.8 Å². The van der Waals surface area contributed by atoms with E-state index in [0.717, 1.165) is 17.7 Å². The Bertz CT molecular complexity index is 480. The van der Waals surface area contributed by atoms with Crippen molar-refractivity contribution >= 4 is 28.5 Å². The average Bonchev–Trinajstić information content (AvgIpc) is 2.97. The molecule has 7 heteroatoms. The number of anilines is 1. The van der Waals surface area contributed by atoms with Crippen molar-refractivity contribution in [1.29, 1.82) is 0 Å². The Balaban J connectivity index is 1.87. The van der Waals surface area contributed by atoms with Crippen molar-refractivity contribution in [3.8, 4) is 0 Å².